The average molecular weight is 248 g/mol. The van der Waals surface area contributed by atoms with Gasteiger partial charge >= 0.3 is 6.18 Å². The third-order valence-electron chi connectivity index (χ3n) is 1.88. The number of nitrogens with two attached hydrogens (primary N) is 1. The van der Waals surface area contributed by atoms with Crippen LogP contribution in [0.3, 0.4) is 0 Å². The molecule has 0 radical (unpaired) electrons. The van der Waals surface area contributed by atoms with Crippen LogP contribution in [0.25, 0.3) is 0 Å². The summed E-state index contributed by atoms with van der Waals surface area (Å²) in [5.74, 6) is -0.641. The first-order valence-electron chi connectivity index (χ1n) is 4.69. The number of amides is 1. The molecule has 0 saturated carbocycles. The van der Waals surface area contributed by atoms with E-state index in [9.17, 15) is 18.0 Å². The predicted octanol–water partition coefficient (Wildman–Crippen LogP) is 1.37. The van der Waals surface area contributed by atoms with Gasteiger partial charge in [-0.1, -0.05) is 18.2 Å². The molecule has 0 unspecified atom stereocenters. The fraction of sp³-hybridized carbons (Fsp3) is 0.300. The zero-order valence-electron chi connectivity index (χ0n) is 8.75. The van der Waals surface area contributed by atoms with Crippen LogP contribution in [-0.2, 0) is 11.4 Å². The summed E-state index contributed by atoms with van der Waals surface area (Å²) in [7, 11) is 0. The smallest absolute Gasteiger partial charge is 0.366 e. The van der Waals surface area contributed by atoms with Crippen molar-refractivity contribution in [2.24, 2.45) is 5.73 Å². The van der Waals surface area contributed by atoms with Crippen LogP contribution in [0.5, 0.6) is 0 Å². The number of carbonyl (C=O) groups excluding carboxylic acids is 1. The Balaban J connectivity index is 2.49. The van der Waals surface area contributed by atoms with E-state index < -0.39 is 18.7 Å². The topological polar surface area (TPSA) is 64.4 Å². The minimum Gasteiger partial charge on any atom is -0.366 e. The lowest BCUT2D eigenvalue weighted by Crippen LogP contribution is -2.25. The monoisotopic (exact) mass is 248 g/mol. The van der Waals surface area contributed by atoms with Crippen LogP contribution in [0.4, 0.5) is 13.2 Å². The van der Waals surface area contributed by atoms with Crippen molar-refractivity contribution in [1.29, 1.82) is 0 Å². The second-order valence-corrected chi connectivity index (χ2v) is 3.25. The van der Waals surface area contributed by atoms with Gasteiger partial charge in [0.1, 0.15) is 0 Å². The predicted molar refractivity (Wildman–Crippen MR) is 53.8 cm³/mol. The Morgan fingerprint density at radius 2 is 2.00 bits per heavy atom. The summed E-state index contributed by atoms with van der Waals surface area (Å²) in [6, 6.07) is 6.32. The van der Waals surface area contributed by atoms with Gasteiger partial charge in [-0.25, -0.2) is 0 Å². The molecule has 0 aromatic heterocycles. The lowest BCUT2D eigenvalue weighted by Gasteiger charge is -2.10. The second-order valence-electron chi connectivity index (χ2n) is 3.25. The summed E-state index contributed by atoms with van der Waals surface area (Å²) in [4.78, 5) is 15.2. The van der Waals surface area contributed by atoms with Crippen LogP contribution in [-0.4, -0.2) is 18.7 Å². The van der Waals surface area contributed by atoms with Gasteiger partial charge in [0.15, 0.2) is 6.61 Å². The first-order chi connectivity index (χ1) is 7.90. The van der Waals surface area contributed by atoms with E-state index in [0.29, 0.717) is 5.56 Å². The molecule has 0 bridgehead atoms. The molecule has 94 valence electrons. The summed E-state index contributed by atoms with van der Waals surface area (Å²) in [5.41, 5.74) is 7.95. The molecule has 0 heterocycles. The zero-order valence-corrected chi connectivity index (χ0v) is 8.75. The van der Waals surface area contributed by atoms with Crippen LogP contribution in [0.1, 0.15) is 15.9 Å². The first kappa shape index (κ1) is 13.5. The third-order valence-corrected chi connectivity index (χ3v) is 1.88. The van der Waals surface area contributed by atoms with Gasteiger partial charge in [-0.2, -0.15) is 18.7 Å². The molecule has 1 rings (SSSR count). The highest BCUT2D eigenvalue weighted by Gasteiger charge is 2.27. The van der Waals surface area contributed by atoms with Crippen molar-refractivity contribution in [2.75, 3.05) is 6.61 Å². The molecule has 3 N–H and O–H groups in total. The second kappa shape index (κ2) is 5.65. The molecule has 1 aromatic rings. The lowest BCUT2D eigenvalue weighted by molar-refractivity contribution is -0.190. The van der Waals surface area contributed by atoms with Crippen molar-refractivity contribution in [1.82, 2.24) is 5.48 Å². The van der Waals surface area contributed by atoms with Crippen molar-refractivity contribution in [2.45, 2.75) is 12.7 Å². The summed E-state index contributed by atoms with van der Waals surface area (Å²) < 4.78 is 35.2. The van der Waals surface area contributed by atoms with Gasteiger partial charge < -0.3 is 5.73 Å². The molecular weight excluding hydrogens is 237 g/mol. The Morgan fingerprint density at radius 3 is 2.59 bits per heavy atom. The number of halogens is 3. The molecule has 1 amide bonds. The molecule has 1 aromatic carbocycles. The van der Waals surface area contributed by atoms with Crippen molar-refractivity contribution in [3.63, 3.8) is 0 Å². The van der Waals surface area contributed by atoms with Crippen molar-refractivity contribution in [3.8, 4) is 0 Å². The lowest BCUT2D eigenvalue weighted by atomic mass is 10.1. The summed E-state index contributed by atoms with van der Waals surface area (Å²) >= 11 is 0. The van der Waals surface area contributed by atoms with Crippen LogP contribution in [0.2, 0.25) is 0 Å². The summed E-state index contributed by atoms with van der Waals surface area (Å²) in [6.07, 6.45) is -4.39. The van der Waals surface area contributed by atoms with Crippen molar-refractivity contribution >= 4 is 5.91 Å². The van der Waals surface area contributed by atoms with Crippen molar-refractivity contribution < 1.29 is 22.8 Å². The highest BCUT2D eigenvalue weighted by molar-refractivity contribution is 5.94. The van der Waals surface area contributed by atoms with E-state index in [0.717, 1.165) is 0 Å². The fourth-order valence-corrected chi connectivity index (χ4v) is 1.18. The van der Waals surface area contributed by atoms with Crippen LogP contribution >= 0.6 is 0 Å². The molecule has 0 aliphatic rings. The van der Waals surface area contributed by atoms with Gasteiger partial charge in [-0.15, -0.1) is 0 Å². The van der Waals surface area contributed by atoms with Crippen LogP contribution in [0, 0.1) is 0 Å². The molecule has 0 aliphatic carbocycles. The maximum atomic E-state index is 11.7. The number of hydrogen-bond acceptors (Lipinski definition) is 3. The van der Waals surface area contributed by atoms with Crippen molar-refractivity contribution in [3.05, 3.63) is 35.4 Å². The Kier molecular flexibility index (Phi) is 4.47. The van der Waals surface area contributed by atoms with Gasteiger partial charge in [0.05, 0.1) is 0 Å². The summed E-state index contributed by atoms with van der Waals surface area (Å²) in [5, 5.41) is 0. The van der Waals surface area contributed by atoms with E-state index in [1.807, 2.05) is 0 Å². The Morgan fingerprint density at radius 1 is 1.35 bits per heavy atom. The third kappa shape index (κ3) is 4.83. The minimum atomic E-state index is -4.39. The van der Waals surface area contributed by atoms with Gasteiger partial charge in [-0.3, -0.25) is 9.63 Å². The normalized spacial score (nSPS) is 11.5. The Bertz CT molecular complexity index is 393. The highest BCUT2D eigenvalue weighted by atomic mass is 19.4. The standard InChI is InChI=1S/C10H11F3N2O2/c11-10(12,13)6-17-15-5-7-3-1-2-4-8(7)9(14)16/h1-4,15H,5-6H2,(H2,14,16). The van der Waals surface area contributed by atoms with E-state index in [4.69, 9.17) is 5.73 Å². The average Bonchev–Trinajstić information content (AvgIpc) is 2.23. The first-order valence-corrected chi connectivity index (χ1v) is 4.69. The molecule has 0 spiro atoms. The number of primary amides is 1. The van der Waals surface area contributed by atoms with E-state index >= 15 is 0 Å². The van der Waals surface area contributed by atoms with E-state index in [1.54, 1.807) is 18.2 Å². The zero-order chi connectivity index (χ0) is 12.9. The number of alkyl halides is 3. The minimum absolute atomic E-state index is 0.0325. The number of rotatable bonds is 5. The summed E-state index contributed by atoms with van der Waals surface area (Å²) in [6.45, 7) is -1.43. The molecule has 0 atom stereocenters. The van der Waals surface area contributed by atoms with Gasteiger partial charge in [0.25, 0.3) is 0 Å². The number of hydrogen-bond donors (Lipinski definition) is 2. The number of hydroxylamine groups is 1. The highest BCUT2D eigenvalue weighted by Crippen LogP contribution is 2.14. The number of carbonyl (C=O) groups is 1. The Labute approximate surface area is 95.5 Å². The number of benzene rings is 1. The Hall–Kier alpha value is -1.60. The van der Waals surface area contributed by atoms with E-state index in [1.165, 1.54) is 6.07 Å². The van der Waals surface area contributed by atoms with Gasteiger partial charge in [0.2, 0.25) is 5.91 Å². The maximum Gasteiger partial charge on any atom is 0.413 e. The van der Waals surface area contributed by atoms with E-state index in [2.05, 4.69) is 10.3 Å². The molecule has 7 heteroatoms. The molecule has 0 saturated heterocycles. The quantitative estimate of drug-likeness (QED) is 0.611. The van der Waals surface area contributed by atoms with Gasteiger partial charge in [-0.05, 0) is 11.6 Å². The SMILES string of the molecule is NC(=O)c1ccccc1CNOCC(F)(F)F. The maximum absolute atomic E-state index is 11.7. The molecule has 4 nitrogen and oxygen atoms in total. The molecule has 0 aliphatic heterocycles. The van der Waals surface area contributed by atoms with E-state index in [-0.39, 0.29) is 12.1 Å². The van der Waals surface area contributed by atoms with Crippen LogP contribution in [0.15, 0.2) is 24.3 Å². The largest absolute Gasteiger partial charge is 0.413 e. The molecule has 0 fully saturated rings. The number of nitrogens with one attached hydrogen (secondary N) is 1. The van der Waals surface area contributed by atoms with Crippen LogP contribution < -0.4 is 11.2 Å². The van der Waals surface area contributed by atoms with Gasteiger partial charge in [0, 0.05) is 12.1 Å². The fourth-order valence-electron chi connectivity index (χ4n) is 1.18. The molecular formula is C10H11F3N2O2. The molecule has 17 heavy (non-hydrogen) atoms.